The van der Waals surface area contributed by atoms with E-state index in [4.69, 9.17) is 16.2 Å². The van der Waals surface area contributed by atoms with Crippen LogP contribution in [0.2, 0.25) is 0 Å². The Bertz CT molecular complexity index is 740. The summed E-state index contributed by atoms with van der Waals surface area (Å²) in [7, 11) is 0. The maximum atomic E-state index is 10.1. The molecule has 168 valence electrons. The summed E-state index contributed by atoms with van der Waals surface area (Å²) in [6.45, 7) is 4.69. The number of hydrogen-bond acceptors (Lipinski definition) is 6. The van der Waals surface area contributed by atoms with Gasteiger partial charge in [-0.2, -0.15) is 0 Å². The zero-order chi connectivity index (χ0) is 21.6. The van der Waals surface area contributed by atoms with Crippen molar-refractivity contribution in [3.63, 3.8) is 0 Å². The molecule has 30 heavy (non-hydrogen) atoms. The Morgan fingerprint density at radius 1 is 1.17 bits per heavy atom. The molecule has 0 radical (unpaired) electrons. The number of fused-ring (bicyclic) bond motifs is 3. The lowest BCUT2D eigenvalue weighted by molar-refractivity contribution is -0.289. The minimum absolute atomic E-state index is 0.121. The average Bonchev–Trinajstić information content (AvgIpc) is 2.68. The first-order valence-electron chi connectivity index (χ1n) is 11.6. The van der Waals surface area contributed by atoms with Crippen LogP contribution in [0.25, 0.3) is 0 Å². The number of pyridine rings is 1. The second kappa shape index (κ2) is 8.05. The van der Waals surface area contributed by atoms with Crippen LogP contribution >= 0.6 is 0 Å². The number of rotatable bonds is 6. The summed E-state index contributed by atoms with van der Waals surface area (Å²) in [5, 5.41) is 19.8. The van der Waals surface area contributed by atoms with E-state index in [9.17, 15) is 10.2 Å². The highest BCUT2D eigenvalue weighted by molar-refractivity contribution is 5.29. The molecule has 6 nitrogen and oxygen atoms in total. The van der Waals surface area contributed by atoms with Crippen LogP contribution in [0.1, 0.15) is 64.4 Å². The van der Waals surface area contributed by atoms with Crippen molar-refractivity contribution in [3.05, 3.63) is 23.9 Å². The minimum Gasteiger partial charge on any atom is -0.396 e. The maximum Gasteiger partial charge on any atom is 0.123 e. The van der Waals surface area contributed by atoms with Crippen LogP contribution in [0.3, 0.4) is 0 Å². The minimum atomic E-state index is -0.378. The van der Waals surface area contributed by atoms with Gasteiger partial charge in [0.1, 0.15) is 5.82 Å². The molecule has 0 aromatic carbocycles. The highest BCUT2D eigenvalue weighted by atomic mass is 16.5. The van der Waals surface area contributed by atoms with Crippen molar-refractivity contribution in [2.75, 3.05) is 18.9 Å². The molecule has 2 aliphatic heterocycles. The predicted octanol–water partition coefficient (Wildman–Crippen LogP) is 2.66. The number of aliphatic hydroxyl groups is 2. The van der Waals surface area contributed by atoms with Crippen molar-refractivity contribution in [1.29, 1.82) is 0 Å². The van der Waals surface area contributed by atoms with E-state index < -0.39 is 0 Å². The summed E-state index contributed by atoms with van der Waals surface area (Å²) < 4.78 is 6.88. The van der Waals surface area contributed by atoms with Crippen LogP contribution in [0.15, 0.2) is 18.3 Å². The van der Waals surface area contributed by atoms with E-state index in [-0.39, 0.29) is 35.9 Å². The monoisotopic (exact) mass is 417 g/mol. The molecule has 2 bridgehead atoms. The fraction of sp³-hybridized carbons (Fsp3) is 0.792. The second-order valence-electron chi connectivity index (χ2n) is 10.9. The SMILES string of the molecule is CC1(C)O[C@@]2([C@H]3C[C@@H](CO)C[C@H](Cc4ccc(N)nc4)C3)CC[C@@H]1[C@](N)(CCO)C2. The molecular weight excluding hydrogens is 378 g/mol. The molecule has 0 amide bonds. The van der Waals surface area contributed by atoms with Crippen LogP contribution in [0, 0.1) is 23.7 Å². The molecule has 2 aliphatic carbocycles. The fourth-order valence-electron chi connectivity index (χ4n) is 7.27. The highest BCUT2D eigenvalue weighted by Crippen LogP contribution is 2.59. The largest absolute Gasteiger partial charge is 0.396 e. The van der Waals surface area contributed by atoms with Crippen LogP contribution in [0.5, 0.6) is 0 Å². The van der Waals surface area contributed by atoms with E-state index in [1.165, 1.54) is 5.56 Å². The molecule has 4 aliphatic rings. The normalized spacial score (nSPS) is 40.4. The van der Waals surface area contributed by atoms with Crippen molar-refractivity contribution in [1.82, 2.24) is 4.98 Å². The van der Waals surface area contributed by atoms with E-state index in [0.29, 0.717) is 30.0 Å². The van der Waals surface area contributed by atoms with Gasteiger partial charge in [0.05, 0.1) is 11.2 Å². The third-order valence-corrected chi connectivity index (χ3v) is 8.34. The number of anilines is 1. The lowest BCUT2D eigenvalue weighted by atomic mass is 9.52. The molecule has 6 N–H and O–H groups in total. The Kier molecular flexibility index (Phi) is 5.90. The van der Waals surface area contributed by atoms with Crippen LogP contribution in [-0.2, 0) is 11.2 Å². The highest BCUT2D eigenvalue weighted by Gasteiger charge is 2.63. The van der Waals surface area contributed by atoms with Crippen molar-refractivity contribution in [2.24, 2.45) is 29.4 Å². The van der Waals surface area contributed by atoms with Crippen LogP contribution in [-0.4, -0.2) is 45.2 Å². The van der Waals surface area contributed by atoms with E-state index in [1.807, 2.05) is 12.3 Å². The van der Waals surface area contributed by atoms with Gasteiger partial charge in [-0.15, -0.1) is 0 Å². The fourth-order valence-corrected chi connectivity index (χ4v) is 7.27. The first kappa shape index (κ1) is 22.0. The molecule has 3 heterocycles. The summed E-state index contributed by atoms with van der Waals surface area (Å²) in [6, 6.07) is 3.93. The Morgan fingerprint density at radius 2 is 1.93 bits per heavy atom. The molecule has 5 rings (SSSR count). The Balaban J connectivity index is 1.58. The molecule has 4 fully saturated rings. The zero-order valence-corrected chi connectivity index (χ0v) is 18.5. The summed E-state index contributed by atoms with van der Waals surface area (Å²) in [4.78, 5) is 4.25. The van der Waals surface area contributed by atoms with Crippen molar-refractivity contribution in [3.8, 4) is 0 Å². The van der Waals surface area contributed by atoms with Gasteiger partial charge in [0, 0.05) is 30.9 Å². The molecule has 0 unspecified atom stereocenters. The van der Waals surface area contributed by atoms with Gasteiger partial charge in [-0.1, -0.05) is 6.07 Å². The first-order chi connectivity index (χ1) is 14.2. The van der Waals surface area contributed by atoms with Gasteiger partial charge in [-0.25, -0.2) is 4.98 Å². The van der Waals surface area contributed by atoms with Gasteiger partial charge in [0.2, 0.25) is 0 Å². The summed E-state index contributed by atoms with van der Waals surface area (Å²) >= 11 is 0. The standard InChI is InChI=1S/C24H39N3O3/c1-22(2)20-5-6-24(30-22,15-23(20,26)7-8-28)19-11-17(10-18(12-19)14-29)9-16-3-4-21(25)27-13-16/h3-4,13,17-20,28-29H,5-12,14-15,26H2,1-2H3,(H2,25,27)/t17-,18-,19+,20-,23-,24-/m0/s1. The van der Waals surface area contributed by atoms with Crippen LogP contribution < -0.4 is 11.5 Å². The number of nitrogens with two attached hydrogens (primary N) is 2. The van der Waals surface area contributed by atoms with Gasteiger partial charge >= 0.3 is 0 Å². The molecule has 1 aromatic rings. The predicted molar refractivity (Wildman–Crippen MR) is 118 cm³/mol. The lowest BCUT2D eigenvalue weighted by Gasteiger charge is -2.65. The first-order valence-corrected chi connectivity index (χ1v) is 11.6. The maximum absolute atomic E-state index is 10.1. The van der Waals surface area contributed by atoms with Crippen molar-refractivity contribution < 1.29 is 14.9 Å². The molecule has 6 atom stereocenters. The molecule has 1 aromatic heterocycles. The Hall–Kier alpha value is -1.21. The number of ether oxygens (including phenoxy) is 1. The summed E-state index contributed by atoms with van der Waals surface area (Å²) in [6.07, 6.45) is 9.45. The number of aromatic nitrogens is 1. The van der Waals surface area contributed by atoms with Gasteiger partial charge in [0.15, 0.2) is 0 Å². The molecule has 2 saturated carbocycles. The molecule has 2 saturated heterocycles. The second-order valence-corrected chi connectivity index (χ2v) is 10.9. The number of nitrogens with zero attached hydrogens (tertiary/aromatic N) is 1. The third-order valence-electron chi connectivity index (χ3n) is 8.34. The number of aliphatic hydroxyl groups excluding tert-OH is 2. The average molecular weight is 418 g/mol. The van der Waals surface area contributed by atoms with E-state index in [0.717, 1.165) is 44.9 Å². The number of hydrogen-bond donors (Lipinski definition) is 4. The summed E-state index contributed by atoms with van der Waals surface area (Å²) in [5.74, 6) is 1.97. The molecular formula is C24H39N3O3. The Morgan fingerprint density at radius 3 is 2.57 bits per heavy atom. The summed E-state index contributed by atoms with van der Waals surface area (Å²) in [5.41, 5.74) is 13.0. The van der Waals surface area contributed by atoms with Crippen LogP contribution in [0.4, 0.5) is 5.82 Å². The third kappa shape index (κ3) is 3.99. The lowest BCUT2D eigenvalue weighted by Crippen LogP contribution is -2.72. The van der Waals surface area contributed by atoms with Gasteiger partial charge in [-0.05, 0) is 94.6 Å². The topological polar surface area (TPSA) is 115 Å². The smallest absolute Gasteiger partial charge is 0.123 e. The van der Waals surface area contributed by atoms with Crippen molar-refractivity contribution >= 4 is 5.82 Å². The van der Waals surface area contributed by atoms with E-state index in [2.05, 4.69) is 24.9 Å². The van der Waals surface area contributed by atoms with E-state index >= 15 is 0 Å². The molecule has 0 spiro atoms. The van der Waals surface area contributed by atoms with Gasteiger partial charge in [0.25, 0.3) is 0 Å². The Labute approximate surface area is 180 Å². The van der Waals surface area contributed by atoms with Gasteiger partial charge in [-0.3, -0.25) is 0 Å². The molecule has 6 heteroatoms. The quantitative estimate of drug-likeness (QED) is 0.566. The zero-order valence-electron chi connectivity index (χ0n) is 18.5. The van der Waals surface area contributed by atoms with Gasteiger partial charge < -0.3 is 26.4 Å². The van der Waals surface area contributed by atoms with Crippen molar-refractivity contribution in [2.45, 2.75) is 82.0 Å². The van der Waals surface area contributed by atoms with E-state index in [1.54, 1.807) is 0 Å². The number of nitrogen functional groups attached to an aromatic ring is 1.